The number of nitrogens with two attached hydrogens (primary N) is 1. The molecule has 4 N–H and O–H groups in total. The molecule has 0 aliphatic carbocycles. The van der Waals surface area contributed by atoms with Crippen molar-refractivity contribution in [2.45, 2.75) is 39.3 Å². The molecule has 1 unspecified atom stereocenters. The number of aromatic nitrogens is 4. The first-order valence-corrected chi connectivity index (χ1v) is 6.79. The van der Waals surface area contributed by atoms with Gasteiger partial charge in [-0.25, -0.2) is 15.8 Å². The number of nitrogens with one attached hydrogen (secondary N) is 2. The smallest absolute Gasteiger partial charge is 0.148 e. The first-order chi connectivity index (χ1) is 9.74. The molecule has 0 amide bonds. The van der Waals surface area contributed by atoms with Gasteiger partial charge in [-0.15, -0.1) is 0 Å². The Labute approximate surface area is 118 Å². The number of hydrogen-bond donors (Lipinski definition) is 3. The highest BCUT2D eigenvalue weighted by Crippen LogP contribution is 2.21. The fourth-order valence-electron chi connectivity index (χ4n) is 2.12. The molecule has 2 heterocycles. The summed E-state index contributed by atoms with van der Waals surface area (Å²) in [7, 11) is 0. The molecule has 7 nitrogen and oxygen atoms in total. The van der Waals surface area contributed by atoms with Crippen molar-refractivity contribution in [3.05, 3.63) is 30.4 Å². The van der Waals surface area contributed by atoms with Crippen LogP contribution in [-0.4, -0.2) is 25.8 Å². The van der Waals surface area contributed by atoms with Crippen molar-refractivity contribution < 1.29 is 0 Å². The van der Waals surface area contributed by atoms with Crippen LogP contribution in [0.15, 0.2) is 24.8 Å². The van der Waals surface area contributed by atoms with E-state index < -0.39 is 0 Å². The number of anilines is 2. The molecule has 0 aliphatic rings. The van der Waals surface area contributed by atoms with Gasteiger partial charge in [0, 0.05) is 24.0 Å². The molecule has 0 saturated heterocycles. The molecule has 0 bridgehead atoms. The number of hydrogen-bond acceptors (Lipinski definition) is 6. The fraction of sp³-hybridized carbons (Fsp3) is 0.462. The SMILES string of the molecule is CCCc1c(NN)ncnc1NC(C)Cn1cccn1. The Balaban J connectivity index is 2.11. The average Bonchev–Trinajstić information content (AvgIpc) is 2.93. The average molecular weight is 275 g/mol. The van der Waals surface area contributed by atoms with E-state index in [1.807, 2.05) is 16.9 Å². The van der Waals surface area contributed by atoms with Crippen molar-refractivity contribution >= 4 is 11.6 Å². The number of nitrogens with zero attached hydrogens (tertiary/aromatic N) is 4. The standard InChI is InChI=1S/C13H21N7/c1-3-5-11-12(15-9-16-13(11)19-14)18-10(2)8-20-7-4-6-17-20/h4,6-7,9-10H,3,5,8,14H2,1-2H3,(H2,15,16,18,19). The zero-order chi connectivity index (χ0) is 14.4. The van der Waals surface area contributed by atoms with Crippen LogP contribution in [0.3, 0.4) is 0 Å². The maximum absolute atomic E-state index is 5.51. The summed E-state index contributed by atoms with van der Waals surface area (Å²) in [6.45, 7) is 4.98. The van der Waals surface area contributed by atoms with Gasteiger partial charge in [-0.2, -0.15) is 5.10 Å². The molecular weight excluding hydrogens is 254 g/mol. The molecule has 7 heteroatoms. The molecular formula is C13H21N7. The van der Waals surface area contributed by atoms with Crippen LogP contribution < -0.4 is 16.6 Å². The van der Waals surface area contributed by atoms with E-state index in [1.165, 1.54) is 6.33 Å². The van der Waals surface area contributed by atoms with Crippen molar-refractivity contribution in [3.63, 3.8) is 0 Å². The van der Waals surface area contributed by atoms with Crippen LogP contribution >= 0.6 is 0 Å². The lowest BCUT2D eigenvalue weighted by Gasteiger charge is -2.18. The van der Waals surface area contributed by atoms with Crippen LogP contribution in [0.1, 0.15) is 25.8 Å². The van der Waals surface area contributed by atoms with Crippen LogP contribution in [0.4, 0.5) is 11.6 Å². The van der Waals surface area contributed by atoms with Gasteiger partial charge < -0.3 is 10.7 Å². The molecule has 0 radical (unpaired) electrons. The Morgan fingerprint density at radius 3 is 2.80 bits per heavy atom. The first-order valence-electron chi connectivity index (χ1n) is 6.79. The maximum Gasteiger partial charge on any atom is 0.148 e. The van der Waals surface area contributed by atoms with Crippen molar-refractivity contribution in [2.75, 3.05) is 10.7 Å². The molecule has 2 aromatic rings. The highest BCUT2D eigenvalue weighted by molar-refractivity contribution is 5.57. The lowest BCUT2D eigenvalue weighted by molar-refractivity contribution is 0.559. The predicted molar refractivity (Wildman–Crippen MR) is 79.1 cm³/mol. The quantitative estimate of drug-likeness (QED) is 0.522. The van der Waals surface area contributed by atoms with E-state index in [0.717, 1.165) is 30.8 Å². The monoisotopic (exact) mass is 275 g/mol. The topological polar surface area (TPSA) is 93.7 Å². The third-order valence-corrected chi connectivity index (χ3v) is 2.99. The molecule has 2 aromatic heterocycles. The summed E-state index contributed by atoms with van der Waals surface area (Å²) >= 11 is 0. The van der Waals surface area contributed by atoms with Crippen LogP contribution in [-0.2, 0) is 13.0 Å². The van der Waals surface area contributed by atoms with Crippen molar-refractivity contribution in [2.24, 2.45) is 5.84 Å². The van der Waals surface area contributed by atoms with Crippen LogP contribution in [0, 0.1) is 0 Å². The minimum atomic E-state index is 0.200. The Kier molecular flexibility index (Phi) is 4.89. The van der Waals surface area contributed by atoms with Crippen molar-refractivity contribution in [1.82, 2.24) is 19.7 Å². The Morgan fingerprint density at radius 2 is 2.15 bits per heavy atom. The molecule has 0 saturated carbocycles. The normalized spacial score (nSPS) is 12.2. The first kappa shape index (κ1) is 14.3. The van der Waals surface area contributed by atoms with Gasteiger partial charge in [-0.05, 0) is 19.4 Å². The second-order valence-corrected chi connectivity index (χ2v) is 4.72. The summed E-state index contributed by atoms with van der Waals surface area (Å²) in [5.41, 5.74) is 3.65. The Hall–Kier alpha value is -2.15. The lowest BCUT2D eigenvalue weighted by atomic mass is 10.1. The third kappa shape index (κ3) is 3.45. The third-order valence-electron chi connectivity index (χ3n) is 2.99. The second-order valence-electron chi connectivity index (χ2n) is 4.72. The van der Waals surface area contributed by atoms with Crippen molar-refractivity contribution in [1.29, 1.82) is 0 Å². The van der Waals surface area contributed by atoms with Crippen LogP contribution in [0.2, 0.25) is 0 Å². The zero-order valence-electron chi connectivity index (χ0n) is 11.9. The summed E-state index contributed by atoms with van der Waals surface area (Å²) in [6, 6.07) is 2.11. The van der Waals surface area contributed by atoms with Gasteiger partial charge in [0.2, 0.25) is 0 Å². The summed E-state index contributed by atoms with van der Waals surface area (Å²) in [5, 5.41) is 7.60. The molecule has 0 aliphatic heterocycles. The van der Waals surface area contributed by atoms with Crippen LogP contribution in [0.5, 0.6) is 0 Å². The summed E-state index contributed by atoms with van der Waals surface area (Å²) < 4.78 is 1.89. The molecule has 0 aromatic carbocycles. The van der Waals surface area contributed by atoms with Gasteiger partial charge >= 0.3 is 0 Å². The fourth-order valence-corrected chi connectivity index (χ4v) is 2.12. The van der Waals surface area contributed by atoms with E-state index in [4.69, 9.17) is 5.84 Å². The lowest BCUT2D eigenvalue weighted by Crippen LogP contribution is -2.24. The maximum atomic E-state index is 5.51. The van der Waals surface area contributed by atoms with Gasteiger partial charge in [0.1, 0.15) is 18.0 Å². The summed E-state index contributed by atoms with van der Waals surface area (Å²) in [6.07, 6.45) is 7.10. The second kappa shape index (κ2) is 6.85. The Bertz CT molecular complexity index is 524. The predicted octanol–water partition coefficient (Wildman–Crippen LogP) is 1.41. The summed E-state index contributed by atoms with van der Waals surface area (Å²) in [5.74, 6) is 7.01. The van der Waals surface area contributed by atoms with E-state index >= 15 is 0 Å². The molecule has 2 rings (SSSR count). The van der Waals surface area contributed by atoms with Gasteiger partial charge in [-0.3, -0.25) is 4.68 Å². The van der Waals surface area contributed by atoms with Gasteiger partial charge in [0.05, 0.1) is 6.54 Å². The van der Waals surface area contributed by atoms with E-state index in [-0.39, 0.29) is 6.04 Å². The Morgan fingerprint density at radius 1 is 1.35 bits per heavy atom. The van der Waals surface area contributed by atoms with Crippen LogP contribution in [0.25, 0.3) is 0 Å². The molecule has 1 atom stereocenters. The highest BCUT2D eigenvalue weighted by Gasteiger charge is 2.12. The largest absolute Gasteiger partial charge is 0.365 e. The molecule has 20 heavy (non-hydrogen) atoms. The minimum Gasteiger partial charge on any atom is -0.365 e. The van der Waals surface area contributed by atoms with E-state index in [1.54, 1.807) is 6.20 Å². The molecule has 108 valence electrons. The number of hydrazine groups is 1. The van der Waals surface area contributed by atoms with Gasteiger partial charge in [-0.1, -0.05) is 13.3 Å². The molecule has 0 fully saturated rings. The van der Waals surface area contributed by atoms with E-state index in [2.05, 4.69) is 39.7 Å². The molecule has 0 spiro atoms. The zero-order valence-corrected chi connectivity index (χ0v) is 11.9. The van der Waals surface area contributed by atoms with Crippen molar-refractivity contribution in [3.8, 4) is 0 Å². The number of rotatable bonds is 7. The minimum absolute atomic E-state index is 0.200. The number of nitrogen functional groups attached to an aromatic ring is 1. The van der Waals surface area contributed by atoms with E-state index in [0.29, 0.717) is 5.82 Å². The summed E-state index contributed by atoms with van der Waals surface area (Å²) in [4.78, 5) is 8.48. The van der Waals surface area contributed by atoms with Gasteiger partial charge in [0.15, 0.2) is 0 Å². The van der Waals surface area contributed by atoms with E-state index in [9.17, 15) is 0 Å². The highest BCUT2D eigenvalue weighted by atomic mass is 15.3. The van der Waals surface area contributed by atoms with Gasteiger partial charge in [0.25, 0.3) is 0 Å².